The maximum Gasteiger partial charge on any atom is 0.318 e. The van der Waals surface area contributed by atoms with Crippen molar-refractivity contribution in [3.63, 3.8) is 0 Å². The number of aliphatic carboxylic acids is 1. The van der Waals surface area contributed by atoms with E-state index in [1.807, 2.05) is 13.8 Å². The zero-order chi connectivity index (χ0) is 18.0. The Labute approximate surface area is 147 Å². The number of carboxylic acid groups (broad SMARTS) is 1. The number of amides is 2. The van der Waals surface area contributed by atoms with Gasteiger partial charge in [-0.3, -0.25) is 4.79 Å². The fraction of sp³-hybridized carbons (Fsp3) is 0.765. The number of nitrogens with zero attached hydrogens (tertiary/aromatic N) is 4. The molecule has 2 aliphatic heterocycles. The average molecular weight is 349 g/mol. The van der Waals surface area contributed by atoms with Crippen LogP contribution in [-0.2, 0) is 17.8 Å². The minimum atomic E-state index is -0.833. The molecule has 0 aliphatic carbocycles. The molecular formula is C17H27N5O3. The van der Waals surface area contributed by atoms with Crippen molar-refractivity contribution in [3.8, 4) is 0 Å². The number of aryl methyl sites for hydroxylation is 1. The second-order valence-electron chi connectivity index (χ2n) is 7.39. The zero-order valence-electron chi connectivity index (χ0n) is 14.9. The molecule has 0 spiro atoms. The molecule has 8 nitrogen and oxygen atoms in total. The molecule has 0 bridgehead atoms. The Bertz CT molecular complexity index is 644. The normalized spacial score (nSPS) is 25.0. The van der Waals surface area contributed by atoms with Crippen molar-refractivity contribution in [1.29, 1.82) is 0 Å². The minimum absolute atomic E-state index is 0.181. The third-order valence-corrected chi connectivity index (χ3v) is 5.16. The van der Waals surface area contributed by atoms with Gasteiger partial charge in [-0.25, -0.2) is 4.79 Å². The summed E-state index contributed by atoms with van der Waals surface area (Å²) in [5.74, 6) is 0.630. The molecule has 2 amide bonds. The lowest BCUT2D eigenvalue weighted by molar-refractivity contribution is -0.143. The first-order valence-corrected chi connectivity index (χ1v) is 9.16. The van der Waals surface area contributed by atoms with Crippen LogP contribution in [0, 0.1) is 11.8 Å². The molecule has 0 radical (unpaired) electrons. The maximum atomic E-state index is 12.6. The van der Waals surface area contributed by atoms with Gasteiger partial charge in [-0.1, -0.05) is 13.3 Å². The highest BCUT2D eigenvalue weighted by Gasteiger charge is 2.32. The number of piperidine rings is 1. The van der Waals surface area contributed by atoms with Gasteiger partial charge in [-0.2, -0.15) is 0 Å². The monoisotopic (exact) mass is 349 g/mol. The van der Waals surface area contributed by atoms with Crippen LogP contribution in [0.4, 0.5) is 4.79 Å². The highest BCUT2D eigenvalue weighted by atomic mass is 16.4. The van der Waals surface area contributed by atoms with Crippen molar-refractivity contribution in [2.45, 2.75) is 58.5 Å². The molecule has 2 unspecified atom stereocenters. The molecule has 25 heavy (non-hydrogen) atoms. The van der Waals surface area contributed by atoms with E-state index in [4.69, 9.17) is 0 Å². The van der Waals surface area contributed by atoms with Gasteiger partial charge < -0.3 is 19.9 Å². The fourth-order valence-corrected chi connectivity index (χ4v) is 3.87. The number of hydrogen-bond acceptors (Lipinski definition) is 4. The lowest BCUT2D eigenvalue weighted by Gasteiger charge is -2.35. The topological polar surface area (TPSA) is 100 Å². The number of rotatable bonds is 3. The quantitative estimate of drug-likeness (QED) is 0.867. The number of carbonyl (C=O) groups excluding carboxylic acids is 1. The van der Waals surface area contributed by atoms with Crippen molar-refractivity contribution in [2.24, 2.45) is 11.8 Å². The third kappa shape index (κ3) is 3.93. The number of likely N-dealkylation sites (tertiary alicyclic amines) is 1. The molecular weight excluding hydrogens is 322 g/mol. The summed E-state index contributed by atoms with van der Waals surface area (Å²) in [5, 5.41) is 20.8. The standard InChI is InChI=1S/C17H27N5O3/c1-11-8-13(16(23)24)10-21(9-11)17(25)18-12(2)15-20-19-14-6-4-3-5-7-22(14)15/h11-13H,3-10H2,1-2H3,(H,18,25)(H,23,24)/t11?,12-,13?/m1/s1. The van der Waals surface area contributed by atoms with Crippen LogP contribution in [-0.4, -0.2) is 49.9 Å². The van der Waals surface area contributed by atoms with Crippen molar-refractivity contribution in [1.82, 2.24) is 25.0 Å². The van der Waals surface area contributed by atoms with Crippen molar-refractivity contribution in [2.75, 3.05) is 13.1 Å². The van der Waals surface area contributed by atoms with E-state index in [1.54, 1.807) is 4.90 Å². The van der Waals surface area contributed by atoms with Gasteiger partial charge >= 0.3 is 12.0 Å². The summed E-state index contributed by atoms with van der Waals surface area (Å²) >= 11 is 0. The highest BCUT2D eigenvalue weighted by molar-refractivity contribution is 5.76. The van der Waals surface area contributed by atoms with Crippen molar-refractivity contribution < 1.29 is 14.7 Å². The molecule has 1 aromatic rings. The van der Waals surface area contributed by atoms with Gasteiger partial charge in [0.2, 0.25) is 0 Å². The lowest BCUT2D eigenvalue weighted by Crippen LogP contribution is -2.50. The van der Waals surface area contributed by atoms with E-state index in [9.17, 15) is 14.7 Å². The molecule has 8 heteroatoms. The van der Waals surface area contributed by atoms with Crippen LogP contribution in [0.5, 0.6) is 0 Å². The summed E-state index contributed by atoms with van der Waals surface area (Å²) in [7, 11) is 0. The Balaban J connectivity index is 1.66. The van der Waals surface area contributed by atoms with Crippen LogP contribution >= 0.6 is 0 Å². The summed E-state index contributed by atoms with van der Waals surface area (Å²) < 4.78 is 2.12. The number of urea groups is 1. The summed E-state index contributed by atoms with van der Waals surface area (Å²) in [6.07, 6.45) is 4.96. The van der Waals surface area contributed by atoms with Crippen LogP contribution in [0.25, 0.3) is 0 Å². The highest BCUT2D eigenvalue weighted by Crippen LogP contribution is 2.23. The van der Waals surface area contributed by atoms with Crippen LogP contribution in [0.3, 0.4) is 0 Å². The molecule has 2 N–H and O–H groups in total. The van der Waals surface area contributed by atoms with E-state index < -0.39 is 11.9 Å². The fourth-order valence-electron chi connectivity index (χ4n) is 3.87. The summed E-state index contributed by atoms with van der Waals surface area (Å²) in [5.41, 5.74) is 0. The Hall–Kier alpha value is -2.12. The molecule has 3 heterocycles. The summed E-state index contributed by atoms with van der Waals surface area (Å²) in [6.45, 7) is 5.62. The SMILES string of the molecule is CC1CC(C(=O)O)CN(C(=O)N[C@H](C)c2nnc3n2CCCCC3)C1. The van der Waals surface area contributed by atoms with E-state index in [-0.39, 0.29) is 24.5 Å². The van der Waals surface area contributed by atoms with Gasteiger partial charge in [0.15, 0.2) is 5.82 Å². The van der Waals surface area contributed by atoms with E-state index in [2.05, 4.69) is 20.1 Å². The zero-order valence-corrected chi connectivity index (χ0v) is 14.9. The second kappa shape index (κ2) is 7.41. The minimum Gasteiger partial charge on any atom is -0.481 e. The largest absolute Gasteiger partial charge is 0.481 e. The molecule has 3 rings (SSSR count). The number of nitrogens with one attached hydrogen (secondary N) is 1. The molecule has 0 aromatic carbocycles. The molecule has 2 aliphatic rings. The summed E-state index contributed by atoms with van der Waals surface area (Å²) in [4.78, 5) is 25.5. The number of fused-ring (bicyclic) bond motifs is 1. The Morgan fingerprint density at radius 3 is 2.80 bits per heavy atom. The number of carboxylic acids is 1. The Kier molecular flexibility index (Phi) is 5.24. The molecule has 138 valence electrons. The van der Waals surface area contributed by atoms with Gasteiger partial charge in [-0.05, 0) is 32.1 Å². The molecule has 3 atom stereocenters. The van der Waals surface area contributed by atoms with Gasteiger partial charge in [-0.15, -0.1) is 10.2 Å². The smallest absolute Gasteiger partial charge is 0.318 e. The van der Waals surface area contributed by atoms with E-state index in [0.717, 1.165) is 37.5 Å². The maximum absolute atomic E-state index is 12.6. The van der Waals surface area contributed by atoms with Crippen molar-refractivity contribution in [3.05, 3.63) is 11.6 Å². The predicted molar refractivity (Wildman–Crippen MR) is 91.0 cm³/mol. The first kappa shape index (κ1) is 17.7. The predicted octanol–water partition coefficient (Wildman–Crippen LogP) is 1.82. The van der Waals surface area contributed by atoms with Crippen LogP contribution in [0.15, 0.2) is 0 Å². The van der Waals surface area contributed by atoms with Crippen LogP contribution in [0.1, 0.15) is 57.2 Å². The van der Waals surface area contributed by atoms with E-state index >= 15 is 0 Å². The average Bonchev–Trinajstić information content (AvgIpc) is 2.83. The molecule has 1 fully saturated rings. The second-order valence-corrected chi connectivity index (χ2v) is 7.39. The molecule has 1 saturated heterocycles. The van der Waals surface area contributed by atoms with E-state index in [0.29, 0.717) is 13.0 Å². The molecule has 1 aromatic heterocycles. The van der Waals surface area contributed by atoms with Gasteiger partial charge in [0, 0.05) is 26.1 Å². The lowest BCUT2D eigenvalue weighted by atomic mass is 9.91. The van der Waals surface area contributed by atoms with Gasteiger partial charge in [0.25, 0.3) is 0 Å². The van der Waals surface area contributed by atoms with Crippen LogP contribution in [0.2, 0.25) is 0 Å². The van der Waals surface area contributed by atoms with Crippen LogP contribution < -0.4 is 5.32 Å². The van der Waals surface area contributed by atoms with Gasteiger partial charge in [0.1, 0.15) is 5.82 Å². The number of hydrogen-bond donors (Lipinski definition) is 2. The Morgan fingerprint density at radius 1 is 1.24 bits per heavy atom. The third-order valence-electron chi connectivity index (χ3n) is 5.16. The van der Waals surface area contributed by atoms with Gasteiger partial charge in [0.05, 0.1) is 12.0 Å². The Morgan fingerprint density at radius 2 is 2.04 bits per heavy atom. The first-order chi connectivity index (χ1) is 12.0. The molecule has 0 saturated carbocycles. The van der Waals surface area contributed by atoms with E-state index in [1.165, 1.54) is 6.42 Å². The number of carbonyl (C=O) groups is 2. The summed E-state index contributed by atoms with van der Waals surface area (Å²) in [6, 6.07) is -0.483. The number of aromatic nitrogens is 3. The first-order valence-electron chi connectivity index (χ1n) is 9.16. The van der Waals surface area contributed by atoms with Crippen molar-refractivity contribution >= 4 is 12.0 Å².